The van der Waals surface area contributed by atoms with Gasteiger partial charge in [0, 0.05) is 27.6 Å². The van der Waals surface area contributed by atoms with E-state index in [1.165, 1.54) is 76.7 Å². The average Bonchev–Trinajstić information content (AvgIpc) is 4.08. The van der Waals surface area contributed by atoms with Crippen LogP contribution in [0.1, 0.15) is 0 Å². The highest BCUT2D eigenvalue weighted by Crippen LogP contribution is 2.42. The molecule has 4 nitrogen and oxygen atoms in total. The zero-order valence-corrected chi connectivity index (χ0v) is 40.3. The molecule has 0 aliphatic rings. The minimum atomic E-state index is 0.663. The van der Waals surface area contributed by atoms with E-state index in [9.17, 15) is 0 Å². The van der Waals surface area contributed by atoms with Gasteiger partial charge in [0.2, 0.25) is 0 Å². The van der Waals surface area contributed by atoms with Crippen LogP contribution in [0.25, 0.3) is 133 Å². The van der Waals surface area contributed by atoms with Gasteiger partial charge in [0.25, 0.3) is 0 Å². The Morgan fingerprint density at radius 3 is 1.32 bits per heavy atom. The molecule has 14 rings (SSSR count). The summed E-state index contributed by atoms with van der Waals surface area (Å²) >= 11 is 0. The lowest BCUT2D eigenvalue weighted by Gasteiger charge is -2.15. The molecule has 12 aromatic carbocycles. The lowest BCUT2D eigenvalue weighted by Crippen LogP contribution is -2.00. The van der Waals surface area contributed by atoms with Gasteiger partial charge in [-0.15, -0.1) is 5.10 Å². The van der Waals surface area contributed by atoms with E-state index in [-0.39, 0.29) is 0 Å². The first-order chi connectivity index (χ1) is 36.7. The van der Waals surface area contributed by atoms with Crippen LogP contribution in [0.3, 0.4) is 0 Å². The molecule has 346 valence electrons. The van der Waals surface area contributed by atoms with Gasteiger partial charge in [0.05, 0.1) is 16.7 Å². The SMILES string of the molecule is c1ccc(-n2c3ccccc3c3cc(-c4ccccc4-c4ccccc4-c4ccc(-n5nc(-c6ccc(-c7cccc8ccccc78)cc6)nc5-c5ccc(-c6cccc7ccccc67)cc5)cc4)ccc32)cc1. The predicted octanol–water partition coefficient (Wildman–Crippen LogP) is 18.3. The molecule has 0 radical (unpaired) electrons. The van der Waals surface area contributed by atoms with E-state index in [1.807, 2.05) is 4.68 Å². The molecule has 0 spiro atoms. The number of rotatable bonds is 9. The van der Waals surface area contributed by atoms with Crippen molar-refractivity contribution in [3.8, 4) is 89.8 Å². The third-order valence-electron chi connectivity index (χ3n) is 14.7. The molecule has 0 amide bonds. The number of hydrogen-bond acceptors (Lipinski definition) is 2. The molecule has 0 fully saturated rings. The fraction of sp³-hybridized carbons (Fsp3) is 0. The summed E-state index contributed by atoms with van der Waals surface area (Å²) in [4.78, 5) is 5.31. The highest BCUT2D eigenvalue weighted by Gasteiger charge is 2.19. The van der Waals surface area contributed by atoms with Crippen LogP contribution in [0.15, 0.2) is 279 Å². The first-order valence-corrected chi connectivity index (χ1v) is 25.2. The Hall–Kier alpha value is -9.90. The molecule has 4 heteroatoms. The maximum Gasteiger partial charge on any atom is 0.182 e. The van der Waals surface area contributed by atoms with Gasteiger partial charge in [0.1, 0.15) is 0 Å². The van der Waals surface area contributed by atoms with Crippen molar-refractivity contribution in [2.45, 2.75) is 0 Å². The normalized spacial score (nSPS) is 11.5. The molecule has 0 atom stereocenters. The maximum atomic E-state index is 5.31. The van der Waals surface area contributed by atoms with Crippen molar-refractivity contribution in [1.82, 2.24) is 19.3 Å². The van der Waals surface area contributed by atoms with E-state index in [0.29, 0.717) is 5.82 Å². The summed E-state index contributed by atoms with van der Waals surface area (Å²) in [5.41, 5.74) is 18.1. The van der Waals surface area contributed by atoms with Crippen LogP contribution in [0.4, 0.5) is 0 Å². The van der Waals surface area contributed by atoms with Crippen LogP contribution < -0.4 is 0 Å². The lowest BCUT2D eigenvalue weighted by molar-refractivity contribution is 0.891. The van der Waals surface area contributed by atoms with Crippen LogP contribution in [0.2, 0.25) is 0 Å². The predicted molar refractivity (Wildman–Crippen MR) is 309 cm³/mol. The Morgan fingerprint density at radius 2 is 0.689 bits per heavy atom. The summed E-state index contributed by atoms with van der Waals surface area (Å²) in [6.07, 6.45) is 0. The molecule has 0 aliphatic heterocycles. The standard InChI is InChI=1S/C70H46N4/c1-2-20-55(21-3-1)73-67-31-13-12-28-65(67)66-46-54(42-45-68(66)73)62-25-9-11-27-64(62)63-26-10-8-24-61(63)51-40-43-56(44-41-51)74-70(53-38-34-50(35-39-53)60-30-15-19-48-17-5-7-23-58(48)60)71-69(72-74)52-36-32-49(33-37-52)59-29-14-18-47-16-4-6-22-57(47)59/h1-46H. The fourth-order valence-corrected chi connectivity index (χ4v) is 11.1. The maximum absolute atomic E-state index is 5.31. The van der Waals surface area contributed by atoms with Crippen LogP contribution in [-0.4, -0.2) is 19.3 Å². The van der Waals surface area contributed by atoms with Crippen LogP contribution >= 0.6 is 0 Å². The van der Waals surface area contributed by atoms with Gasteiger partial charge < -0.3 is 4.57 Å². The Labute approximate surface area is 429 Å². The highest BCUT2D eigenvalue weighted by molar-refractivity contribution is 6.11. The van der Waals surface area contributed by atoms with Crippen molar-refractivity contribution in [3.05, 3.63) is 279 Å². The molecule has 2 aromatic heterocycles. The molecule has 0 saturated carbocycles. The Morgan fingerprint density at radius 1 is 0.257 bits per heavy atom. The van der Waals surface area contributed by atoms with Crippen molar-refractivity contribution in [2.24, 2.45) is 0 Å². The number of hydrogen-bond donors (Lipinski definition) is 0. The van der Waals surface area contributed by atoms with E-state index >= 15 is 0 Å². The van der Waals surface area contributed by atoms with E-state index < -0.39 is 0 Å². The smallest absolute Gasteiger partial charge is 0.182 e. The molecule has 14 aromatic rings. The minimum Gasteiger partial charge on any atom is -0.309 e. The molecule has 2 heterocycles. The average molecular weight is 943 g/mol. The van der Waals surface area contributed by atoms with E-state index in [4.69, 9.17) is 10.1 Å². The number of para-hydroxylation sites is 2. The zero-order valence-electron chi connectivity index (χ0n) is 40.3. The molecule has 0 bridgehead atoms. The third kappa shape index (κ3) is 7.48. The van der Waals surface area contributed by atoms with Crippen LogP contribution in [-0.2, 0) is 0 Å². The first kappa shape index (κ1) is 42.9. The third-order valence-corrected chi connectivity index (χ3v) is 14.7. The zero-order chi connectivity index (χ0) is 49.0. The van der Waals surface area contributed by atoms with Crippen LogP contribution in [0, 0.1) is 0 Å². The molecule has 74 heavy (non-hydrogen) atoms. The summed E-state index contributed by atoms with van der Waals surface area (Å²) in [7, 11) is 0. The summed E-state index contributed by atoms with van der Waals surface area (Å²) in [5.74, 6) is 1.44. The van der Waals surface area contributed by atoms with Crippen molar-refractivity contribution in [2.75, 3.05) is 0 Å². The monoisotopic (exact) mass is 942 g/mol. The highest BCUT2D eigenvalue weighted by atomic mass is 15.4. The van der Waals surface area contributed by atoms with E-state index in [2.05, 4.69) is 284 Å². The van der Waals surface area contributed by atoms with Gasteiger partial charge in [-0.25, -0.2) is 9.67 Å². The molecular formula is C70H46N4. The minimum absolute atomic E-state index is 0.663. The van der Waals surface area contributed by atoms with E-state index in [1.54, 1.807) is 0 Å². The van der Waals surface area contributed by atoms with Gasteiger partial charge in [-0.3, -0.25) is 0 Å². The Balaban J connectivity index is 0.838. The van der Waals surface area contributed by atoms with Crippen molar-refractivity contribution >= 4 is 43.4 Å². The summed E-state index contributed by atoms with van der Waals surface area (Å²) in [5, 5.41) is 12.7. The topological polar surface area (TPSA) is 35.6 Å². The van der Waals surface area contributed by atoms with Crippen LogP contribution in [0.5, 0.6) is 0 Å². The molecular weight excluding hydrogens is 897 g/mol. The summed E-state index contributed by atoms with van der Waals surface area (Å²) < 4.78 is 4.37. The number of benzene rings is 12. The van der Waals surface area contributed by atoms with Gasteiger partial charge in [-0.1, -0.05) is 237 Å². The Kier molecular flexibility index (Phi) is 10.5. The van der Waals surface area contributed by atoms with Gasteiger partial charge in [-0.05, 0) is 120 Å². The quantitative estimate of drug-likeness (QED) is 0.145. The second-order valence-corrected chi connectivity index (χ2v) is 18.9. The van der Waals surface area contributed by atoms with Gasteiger partial charge in [-0.2, -0.15) is 0 Å². The van der Waals surface area contributed by atoms with Crippen molar-refractivity contribution < 1.29 is 0 Å². The molecule has 0 unspecified atom stereocenters. The first-order valence-electron chi connectivity index (χ1n) is 25.2. The van der Waals surface area contributed by atoms with Gasteiger partial charge >= 0.3 is 0 Å². The second kappa shape index (κ2) is 18.1. The second-order valence-electron chi connectivity index (χ2n) is 18.9. The lowest BCUT2D eigenvalue weighted by atomic mass is 9.89. The number of nitrogens with zero attached hydrogens (tertiary/aromatic N) is 4. The van der Waals surface area contributed by atoms with Crippen molar-refractivity contribution in [1.29, 1.82) is 0 Å². The Bertz CT molecular complexity index is 4380. The van der Waals surface area contributed by atoms with Gasteiger partial charge in [0.15, 0.2) is 11.6 Å². The van der Waals surface area contributed by atoms with Crippen molar-refractivity contribution in [3.63, 3.8) is 0 Å². The van der Waals surface area contributed by atoms with E-state index in [0.717, 1.165) is 50.6 Å². The molecule has 0 saturated heterocycles. The number of fused-ring (bicyclic) bond motifs is 5. The fourth-order valence-electron chi connectivity index (χ4n) is 11.1. The summed E-state index contributed by atoms with van der Waals surface area (Å²) in [6.45, 7) is 0. The summed E-state index contributed by atoms with van der Waals surface area (Å²) in [6, 6.07) is 100. The largest absolute Gasteiger partial charge is 0.309 e. The molecule has 0 aliphatic carbocycles. The number of aromatic nitrogens is 4. The molecule has 0 N–H and O–H groups in total.